The molecule has 1 amide bonds. The number of carbonyl (C=O) groups excluding carboxylic acids is 1. The van der Waals surface area contributed by atoms with Crippen LogP contribution in [0, 0.1) is 0 Å². The molecule has 2 aromatic rings. The lowest BCUT2D eigenvalue weighted by molar-refractivity contribution is 0.102. The first kappa shape index (κ1) is 13.0. The average Bonchev–Trinajstić information content (AvgIpc) is 2.40. The Kier molecular flexibility index (Phi) is 3.75. The highest BCUT2D eigenvalue weighted by atomic mass is 16.1. The monoisotopic (exact) mass is 256 g/mol. The Morgan fingerprint density at radius 2 is 1.84 bits per heavy atom. The molecule has 0 atom stereocenters. The number of hydrogen-bond acceptors (Lipinski definition) is 4. The zero-order valence-electron chi connectivity index (χ0n) is 10.9. The molecule has 0 fully saturated rings. The molecule has 0 aliphatic rings. The van der Waals surface area contributed by atoms with Gasteiger partial charge in [0.05, 0.1) is 12.4 Å². The van der Waals surface area contributed by atoms with Gasteiger partial charge in [-0.25, -0.2) is 9.97 Å². The topological polar surface area (TPSA) is 80.9 Å². The number of carbonyl (C=O) groups is 1. The van der Waals surface area contributed by atoms with Crippen molar-refractivity contribution in [2.24, 2.45) is 0 Å². The van der Waals surface area contributed by atoms with Crippen LogP contribution < -0.4 is 11.1 Å². The van der Waals surface area contributed by atoms with Crippen LogP contribution in [-0.4, -0.2) is 15.9 Å². The Bertz CT molecular complexity index is 561. The predicted molar refractivity (Wildman–Crippen MR) is 74.9 cm³/mol. The highest BCUT2D eigenvalue weighted by Crippen LogP contribution is 2.17. The standard InChI is InChI=1S/C14H16N4O/c1-9(2)10-3-5-11(6-4-10)18-14(19)12-7-17-13(15)8-16-12/h3-9H,1-2H3,(H2,15,17)(H,18,19). The van der Waals surface area contributed by atoms with Gasteiger partial charge in [-0.2, -0.15) is 0 Å². The smallest absolute Gasteiger partial charge is 0.275 e. The summed E-state index contributed by atoms with van der Waals surface area (Å²) in [6.07, 6.45) is 2.71. The minimum absolute atomic E-state index is 0.238. The second kappa shape index (κ2) is 5.48. The Balaban J connectivity index is 2.08. The molecule has 1 aromatic heterocycles. The average molecular weight is 256 g/mol. The van der Waals surface area contributed by atoms with Crippen LogP contribution >= 0.6 is 0 Å². The van der Waals surface area contributed by atoms with Crippen LogP contribution in [0.25, 0.3) is 0 Å². The Labute approximate surface area is 111 Å². The maximum atomic E-state index is 11.9. The molecule has 98 valence electrons. The van der Waals surface area contributed by atoms with Gasteiger partial charge in [-0.3, -0.25) is 4.79 Å². The molecule has 0 aliphatic carbocycles. The summed E-state index contributed by atoms with van der Waals surface area (Å²) in [6, 6.07) is 7.74. The normalized spacial score (nSPS) is 10.5. The fourth-order valence-corrected chi connectivity index (χ4v) is 1.60. The number of nitrogens with zero attached hydrogens (tertiary/aromatic N) is 2. The molecule has 0 bridgehead atoms. The van der Waals surface area contributed by atoms with Gasteiger partial charge >= 0.3 is 0 Å². The summed E-state index contributed by atoms with van der Waals surface area (Å²) in [5.41, 5.74) is 7.61. The molecule has 0 aliphatic heterocycles. The van der Waals surface area contributed by atoms with Gasteiger partial charge in [0, 0.05) is 5.69 Å². The predicted octanol–water partition coefficient (Wildman–Crippen LogP) is 2.43. The van der Waals surface area contributed by atoms with Crippen LogP contribution in [0.2, 0.25) is 0 Å². The lowest BCUT2D eigenvalue weighted by atomic mass is 10.0. The number of rotatable bonds is 3. The quantitative estimate of drug-likeness (QED) is 0.883. The van der Waals surface area contributed by atoms with E-state index in [1.165, 1.54) is 18.0 Å². The minimum atomic E-state index is -0.301. The molecule has 5 nitrogen and oxygen atoms in total. The van der Waals surface area contributed by atoms with E-state index in [2.05, 4.69) is 29.1 Å². The summed E-state index contributed by atoms with van der Waals surface area (Å²) in [4.78, 5) is 19.6. The van der Waals surface area contributed by atoms with E-state index >= 15 is 0 Å². The van der Waals surface area contributed by atoms with Crippen LogP contribution in [0.15, 0.2) is 36.7 Å². The van der Waals surface area contributed by atoms with Crippen LogP contribution in [0.1, 0.15) is 35.8 Å². The van der Waals surface area contributed by atoms with E-state index in [-0.39, 0.29) is 17.4 Å². The maximum absolute atomic E-state index is 11.9. The van der Waals surface area contributed by atoms with Gasteiger partial charge in [0.25, 0.3) is 5.91 Å². The number of amides is 1. The number of benzene rings is 1. The number of nitrogens with one attached hydrogen (secondary N) is 1. The van der Waals surface area contributed by atoms with E-state index in [1.807, 2.05) is 24.3 Å². The van der Waals surface area contributed by atoms with Crippen LogP contribution in [0.5, 0.6) is 0 Å². The van der Waals surface area contributed by atoms with Crippen molar-refractivity contribution in [2.45, 2.75) is 19.8 Å². The van der Waals surface area contributed by atoms with Crippen LogP contribution in [0.3, 0.4) is 0 Å². The molecule has 0 saturated carbocycles. The summed E-state index contributed by atoms with van der Waals surface area (Å²) >= 11 is 0. The molecule has 2 rings (SSSR count). The van der Waals surface area contributed by atoms with Crippen molar-refractivity contribution in [3.05, 3.63) is 47.9 Å². The molecule has 3 N–H and O–H groups in total. The largest absolute Gasteiger partial charge is 0.382 e. The van der Waals surface area contributed by atoms with Gasteiger partial charge in [0.2, 0.25) is 0 Å². The van der Waals surface area contributed by atoms with Crippen LogP contribution in [-0.2, 0) is 0 Å². The number of nitrogen functional groups attached to an aromatic ring is 1. The second-order valence-electron chi connectivity index (χ2n) is 4.56. The third-order valence-corrected chi connectivity index (χ3v) is 2.74. The van der Waals surface area contributed by atoms with Crippen molar-refractivity contribution >= 4 is 17.4 Å². The summed E-state index contributed by atoms with van der Waals surface area (Å²) < 4.78 is 0. The molecule has 5 heteroatoms. The van der Waals surface area contributed by atoms with E-state index in [1.54, 1.807) is 0 Å². The lowest BCUT2D eigenvalue weighted by Crippen LogP contribution is -2.14. The first-order chi connectivity index (χ1) is 9.06. The third-order valence-electron chi connectivity index (χ3n) is 2.74. The van der Waals surface area contributed by atoms with Gasteiger partial charge in [0.1, 0.15) is 11.5 Å². The van der Waals surface area contributed by atoms with Gasteiger partial charge in [-0.05, 0) is 23.6 Å². The fourth-order valence-electron chi connectivity index (χ4n) is 1.60. The molecule has 19 heavy (non-hydrogen) atoms. The molecule has 0 unspecified atom stereocenters. The van der Waals surface area contributed by atoms with Gasteiger partial charge in [-0.1, -0.05) is 26.0 Å². The Morgan fingerprint density at radius 1 is 1.16 bits per heavy atom. The number of aromatic nitrogens is 2. The van der Waals surface area contributed by atoms with Gasteiger partial charge < -0.3 is 11.1 Å². The zero-order chi connectivity index (χ0) is 13.8. The van der Waals surface area contributed by atoms with E-state index in [0.29, 0.717) is 5.92 Å². The molecule has 0 radical (unpaired) electrons. The highest BCUT2D eigenvalue weighted by molar-refractivity contribution is 6.02. The van der Waals surface area contributed by atoms with Crippen molar-refractivity contribution < 1.29 is 4.79 Å². The summed E-state index contributed by atoms with van der Waals surface area (Å²) in [5.74, 6) is 0.454. The lowest BCUT2D eigenvalue weighted by Gasteiger charge is -2.08. The second-order valence-corrected chi connectivity index (χ2v) is 4.56. The van der Waals surface area contributed by atoms with Crippen molar-refractivity contribution in [1.29, 1.82) is 0 Å². The number of nitrogens with two attached hydrogens (primary N) is 1. The maximum Gasteiger partial charge on any atom is 0.275 e. The molecular formula is C14H16N4O. The van der Waals surface area contributed by atoms with Crippen molar-refractivity contribution in [3.8, 4) is 0 Å². The molecule has 0 spiro atoms. The van der Waals surface area contributed by atoms with Crippen LogP contribution in [0.4, 0.5) is 11.5 Å². The molecule has 1 aromatic carbocycles. The number of anilines is 2. The fraction of sp³-hybridized carbons (Fsp3) is 0.214. The first-order valence-corrected chi connectivity index (χ1v) is 6.05. The number of hydrogen-bond donors (Lipinski definition) is 2. The van der Waals surface area contributed by atoms with Crippen molar-refractivity contribution in [1.82, 2.24) is 9.97 Å². The summed E-state index contributed by atoms with van der Waals surface area (Å²) in [7, 11) is 0. The zero-order valence-corrected chi connectivity index (χ0v) is 10.9. The van der Waals surface area contributed by atoms with E-state index < -0.39 is 0 Å². The van der Waals surface area contributed by atoms with E-state index in [9.17, 15) is 4.79 Å². The molecule has 0 saturated heterocycles. The Morgan fingerprint density at radius 3 is 2.37 bits per heavy atom. The molecule has 1 heterocycles. The van der Waals surface area contributed by atoms with E-state index in [4.69, 9.17) is 5.73 Å². The SMILES string of the molecule is CC(C)c1ccc(NC(=O)c2cnc(N)cn2)cc1. The first-order valence-electron chi connectivity index (χ1n) is 6.05. The van der Waals surface area contributed by atoms with Crippen molar-refractivity contribution in [3.63, 3.8) is 0 Å². The minimum Gasteiger partial charge on any atom is -0.382 e. The third kappa shape index (κ3) is 3.28. The summed E-state index contributed by atoms with van der Waals surface area (Å²) in [6.45, 7) is 4.25. The summed E-state index contributed by atoms with van der Waals surface area (Å²) in [5, 5.41) is 2.76. The highest BCUT2D eigenvalue weighted by Gasteiger charge is 2.08. The van der Waals surface area contributed by atoms with E-state index in [0.717, 1.165) is 5.69 Å². The van der Waals surface area contributed by atoms with Gasteiger partial charge in [-0.15, -0.1) is 0 Å². The molecular weight excluding hydrogens is 240 g/mol. The van der Waals surface area contributed by atoms with Crippen molar-refractivity contribution in [2.75, 3.05) is 11.1 Å². The Hall–Kier alpha value is -2.43. The van der Waals surface area contributed by atoms with Gasteiger partial charge in [0.15, 0.2) is 0 Å².